The van der Waals surface area contributed by atoms with Crippen LogP contribution in [0.2, 0.25) is 0 Å². The molecule has 2 aromatic carbocycles. The number of nitrogens with zero attached hydrogens (tertiary/aromatic N) is 2. The minimum Gasteiger partial charge on any atom is -0.482 e. The molecule has 0 spiro atoms. The van der Waals surface area contributed by atoms with E-state index < -0.39 is 5.97 Å². The summed E-state index contributed by atoms with van der Waals surface area (Å²) >= 11 is 1.72. The highest BCUT2D eigenvalue weighted by Crippen LogP contribution is 2.29. The van der Waals surface area contributed by atoms with E-state index in [9.17, 15) is 4.79 Å². The third-order valence-electron chi connectivity index (χ3n) is 3.91. The van der Waals surface area contributed by atoms with Gasteiger partial charge < -0.3 is 9.84 Å². The Labute approximate surface area is 170 Å². The molecule has 0 radical (unpaired) electrons. The number of aliphatic carboxylic acids is 1. The Kier molecular flexibility index (Phi) is 8.14. The largest absolute Gasteiger partial charge is 0.482 e. The minimum atomic E-state index is -0.978. The zero-order valence-electron chi connectivity index (χ0n) is 16.7. The van der Waals surface area contributed by atoms with Gasteiger partial charge in [-0.2, -0.15) is 5.10 Å². The molecule has 0 unspecified atom stereocenters. The first-order chi connectivity index (χ1) is 13.5. The number of carboxylic acid groups (broad SMARTS) is 1. The van der Waals surface area contributed by atoms with Gasteiger partial charge in [-0.25, -0.2) is 9.48 Å². The fourth-order valence-electron chi connectivity index (χ4n) is 2.52. The Hall–Kier alpha value is -2.73. The number of ether oxygens (including phenoxy) is 1. The number of aryl methyl sites for hydroxylation is 2. The van der Waals surface area contributed by atoms with E-state index in [0.29, 0.717) is 5.75 Å². The monoisotopic (exact) mass is 398 g/mol. The summed E-state index contributed by atoms with van der Waals surface area (Å²) < 4.78 is 7.17. The van der Waals surface area contributed by atoms with E-state index in [0.717, 1.165) is 27.6 Å². The van der Waals surface area contributed by atoms with Crippen LogP contribution in [0.1, 0.15) is 30.7 Å². The summed E-state index contributed by atoms with van der Waals surface area (Å²) in [5, 5.41) is 13.3. The predicted molar refractivity (Wildman–Crippen MR) is 114 cm³/mol. The SMILES string of the molecule is CC.Cc1cc(SCc2cn(-c3ccccc3)nc2C)ccc1OCC(=O)O. The zero-order valence-corrected chi connectivity index (χ0v) is 17.5. The van der Waals surface area contributed by atoms with E-state index in [1.165, 1.54) is 5.56 Å². The van der Waals surface area contributed by atoms with Crippen LogP contribution in [0.3, 0.4) is 0 Å². The molecule has 0 atom stereocenters. The van der Waals surface area contributed by atoms with Crippen molar-refractivity contribution in [3.8, 4) is 11.4 Å². The molecule has 5 nitrogen and oxygen atoms in total. The molecule has 1 heterocycles. The van der Waals surface area contributed by atoms with E-state index in [4.69, 9.17) is 9.84 Å². The maximum absolute atomic E-state index is 10.6. The van der Waals surface area contributed by atoms with Crippen molar-refractivity contribution in [1.82, 2.24) is 9.78 Å². The molecule has 6 heteroatoms. The van der Waals surface area contributed by atoms with Gasteiger partial charge in [0.05, 0.1) is 11.4 Å². The van der Waals surface area contributed by atoms with Crippen LogP contribution in [-0.2, 0) is 10.5 Å². The topological polar surface area (TPSA) is 64.4 Å². The van der Waals surface area contributed by atoms with E-state index >= 15 is 0 Å². The van der Waals surface area contributed by atoms with Gasteiger partial charge >= 0.3 is 5.97 Å². The Morgan fingerprint density at radius 3 is 2.50 bits per heavy atom. The number of carboxylic acids is 1. The molecule has 0 bridgehead atoms. The Morgan fingerprint density at radius 1 is 1.14 bits per heavy atom. The van der Waals surface area contributed by atoms with Crippen LogP contribution in [0.5, 0.6) is 5.75 Å². The third kappa shape index (κ3) is 5.89. The van der Waals surface area contributed by atoms with Gasteiger partial charge in [0.25, 0.3) is 0 Å². The summed E-state index contributed by atoms with van der Waals surface area (Å²) in [4.78, 5) is 11.7. The van der Waals surface area contributed by atoms with Gasteiger partial charge in [-0.3, -0.25) is 0 Å². The first-order valence-electron chi connectivity index (χ1n) is 9.21. The van der Waals surface area contributed by atoms with Crippen molar-refractivity contribution in [2.24, 2.45) is 0 Å². The number of rotatable bonds is 7. The molecule has 1 aromatic heterocycles. The van der Waals surface area contributed by atoms with Crippen LogP contribution in [0.4, 0.5) is 0 Å². The number of carbonyl (C=O) groups is 1. The van der Waals surface area contributed by atoms with Crippen LogP contribution in [-0.4, -0.2) is 27.5 Å². The second-order valence-corrected chi connectivity index (χ2v) is 6.97. The van der Waals surface area contributed by atoms with Crippen molar-refractivity contribution in [1.29, 1.82) is 0 Å². The molecule has 0 saturated heterocycles. The van der Waals surface area contributed by atoms with Crippen molar-refractivity contribution in [2.45, 2.75) is 38.3 Å². The highest BCUT2D eigenvalue weighted by molar-refractivity contribution is 7.98. The minimum absolute atomic E-state index is 0.328. The molecule has 28 heavy (non-hydrogen) atoms. The van der Waals surface area contributed by atoms with Crippen molar-refractivity contribution in [2.75, 3.05) is 6.61 Å². The highest BCUT2D eigenvalue weighted by Gasteiger charge is 2.09. The average Bonchev–Trinajstić information content (AvgIpc) is 3.08. The Morgan fingerprint density at radius 2 is 1.86 bits per heavy atom. The lowest BCUT2D eigenvalue weighted by Crippen LogP contribution is -2.09. The number of benzene rings is 2. The fraction of sp³-hybridized carbons (Fsp3) is 0.273. The van der Waals surface area contributed by atoms with Crippen molar-refractivity contribution in [3.63, 3.8) is 0 Å². The predicted octanol–water partition coefficient (Wildman–Crippen LogP) is 5.27. The maximum Gasteiger partial charge on any atom is 0.341 e. The molecule has 0 aliphatic carbocycles. The van der Waals surface area contributed by atoms with Gasteiger partial charge in [0.1, 0.15) is 5.75 Å². The number of para-hydroxylation sites is 1. The lowest BCUT2D eigenvalue weighted by molar-refractivity contribution is -0.139. The van der Waals surface area contributed by atoms with E-state index in [1.54, 1.807) is 11.8 Å². The van der Waals surface area contributed by atoms with Crippen LogP contribution < -0.4 is 4.74 Å². The molecule has 0 fully saturated rings. The third-order valence-corrected chi connectivity index (χ3v) is 4.96. The van der Waals surface area contributed by atoms with Gasteiger partial charge in [0.15, 0.2) is 6.61 Å². The summed E-state index contributed by atoms with van der Waals surface area (Å²) in [6.07, 6.45) is 2.06. The molecule has 0 aliphatic heterocycles. The molecule has 3 rings (SSSR count). The summed E-state index contributed by atoms with van der Waals surface area (Å²) in [6, 6.07) is 15.8. The fourth-order valence-corrected chi connectivity index (χ4v) is 3.55. The van der Waals surface area contributed by atoms with Gasteiger partial charge in [-0.1, -0.05) is 32.0 Å². The second-order valence-electron chi connectivity index (χ2n) is 5.92. The molecule has 148 valence electrons. The van der Waals surface area contributed by atoms with Crippen LogP contribution in [0.25, 0.3) is 5.69 Å². The van der Waals surface area contributed by atoms with Gasteiger partial charge in [-0.15, -0.1) is 11.8 Å². The zero-order chi connectivity index (χ0) is 20.5. The number of thioether (sulfide) groups is 1. The Bertz CT molecular complexity index is 907. The lowest BCUT2D eigenvalue weighted by atomic mass is 10.2. The number of aromatic nitrogens is 2. The summed E-state index contributed by atoms with van der Waals surface area (Å²) in [6.45, 7) is 7.61. The lowest BCUT2D eigenvalue weighted by Gasteiger charge is -2.09. The maximum atomic E-state index is 10.6. The summed E-state index contributed by atoms with van der Waals surface area (Å²) in [5.41, 5.74) is 4.16. The normalized spacial score (nSPS) is 10.1. The molecule has 0 saturated carbocycles. The molecular weight excluding hydrogens is 372 g/mol. The van der Waals surface area contributed by atoms with Gasteiger partial charge in [0.2, 0.25) is 0 Å². The highest BCUT2D eigenvalue weighted by atomic mass is 32.2. The van der Waals surface area contributed by atoms with Gasteiger partial charge in [0, 0.05) is 22.4 Å². The van der Waals surface area contributed by atoms with E-state index in [-0.39, 0.29) is 6.61 Å². The van der Waals surface area contributed by atoms with E-state index in [2.05, 4.69) is 11.3 Å². The molecular formula is C22H26N2O3S. The van der Waals surface area contributed by atoms with Crippen molar-refractivity contribution < 1.29 is 14.6 Å². The standard InChI is InChI=1S/C20H20N2O3S.C2H6/c1-14-10-18(8-9-19(14)25-12-20(23)24)26-13-16-11-22(21-15(16)2)17-6-4-3-5-7-17;1-2/h3-11H,12-13H2,1-2H3,(H,23,24);1-2H3. The first kappa shape index (κ1) is 21.6. The average molecular weight is 399 g/mol. The summed E-state index contributed by atoms with van der Waals surface area (Å²) in [7, 11) is 0. The van der Waals surface area contributed by atoms with Crippen molar-refractivity contribution in [3.05, 3.63) is 71.5 Å². The first-order valence-corrected chi connectivity index (χ1v) is 10.2. The number of hydrogen-bond donors (Lipinski definition) is 1. The van der Waals surface area contributed by atoms with Crippen molar-refractivity contribution >= 4 is 17.7 Å². The van der Waals surface area contributed by atoms with Crippen LogP contribution in [0.15, 0.2) is 59.6 Å². The van der Waals surface area contributed by atoms with Crippen LogP contribution >= 0.6 is 11.8 Å². The molecule has 0 aliphatic rings. The molecule has 0 amide bonds. The smallest absolute Gasteiger partial charge is 0.341 e. The van der Waals surface area contributed by atoms with Crippen LogP contribution in [0, 0.1) is 13.8 Å². The second kappa shape index (κ2) is 10.6. The Balaban J connectivity index is 0.00000136. The molecule has 1 N–H and O–H groups in total. The van der Waals surface area contributed by atoms with E-state index in [1.807, 2.05) is 80.9 Å². The quantitative estimate of drug-likeness (QED) is 0.549. The molecule has 3 aromatic rings. The number of hydrogen-bond acceptors (Lipinski definition) is 4. The summed E-state index contributed by atoms with van der Waals surface area (Å²) in [5.74, 6) is 0.437. The van der Waals surface area contributed by atoms with Gasteiger partial charge in [-0.05, 0) is 49.7 Å².